The minimum Gasteiger partial charge on any atom is -0.402 e. The Hall–Kier alpha value is -2.59. The predicted molar refractivity (Wildman–Crippen MR) is 103 cm³/mol. The van der Waals surface area contributed by atoms with Gasteiger partial charge in [-0.1, -0.05) is 18.2 Å². The molecule has 2 aliphatic rings. The van der Waals surface area contributed by atoms with Crippen LogP contribution in [0.25, 0.3) is 5.83 Å². The van der Waals surface area contributed by atoms with Crippen molar-refractivity contribution < 1.29 is 24.4 Å². The molecule has 0 amide bonds. The zero-order valence-electron chi connectivity index (χ0n) is 15.6. The van der Waals surface area contributed by atoms with Crippen molar-refractivity contribution in [3.8, 4) is 0 Å². The van der Waals surface area contributed by atoms with Gasteiger partial charge in [0.1, 0.15) is 36.6 Å². The largest absolute Gasteiger partial charge is 0.402 e. The number of nitrogens with zero attached hydrogens (tertiary/aromatic N) is 2. The van der Waals surface area contributed by atoms with Crippen LogP contribution in [0.3, 0.4) is 0 Å². The number of aliphatic hydroxyl groups excluding tert-OH is 3. The van der Waals surface area contributed by atoms with Gasteiger partial charge in [0.05, 0.1) is 17.4 Å². The van der Waals surface area contributed by atoms with Crippen LogP contribution in [0.15, 0.2) is 30.7 Å². The molecule has 1 aliphatic carbocycles. The maximum atomic E-state index is 14.1. The van der Waals surface area contributed by atoms with Gasteiger partial charge in [-0.2, -0.15) is 0 Å². The van der Waals surface area contributed by atoms with Gasteiger partial charge in [0.25, 0.3) is 0 Å². The first kappa shape index (κ1) is 19.7. The minimum atomic E-state index is -1.32. The molecular formula is C20H23FN4O4. The van der Waals surface area contributed by atoms with Crippen molar-refractivity contribution >= 4 is 11.6 Å². The number of rotatable bonds is 5. The fraction of sp³-hybridized carbons (Fsp3) is 0.400. The fourth-order valence-corrected chi connectivity index (χ4v) is 3.92. The Labute approximate surface area is 166 Å². The number of aliphatic hydroxyl groups is 3. The Bertz CT molecular complexity index is 954. The third-order valence-electron chi connectivity index (χ3n) is 5.68. The zero-order valence-corrected chi connectivity index (χ0v) is 15.6. The van der Waals surface area contributed by atoms with Gasteiger partial charge in [-0.15, -0.1) is 0 Å². The highest BCUT2D eigenvalue weighted by molar-refractivity contribution is 5.69. The maximum absolute atomic E-state index is 14.1. The van der Waals surface area contributed by atoms with E-state index in [1.807, 2.05) is 12.1 Å². The lowest BCUT2D eigenvalue weighted by Gasteiger charge is -2.25. The summed E-state index contributed by atoms with van der Waals surface area (Å²) >= 11 is 0. The van der Waals surface area contributed by atoms with E-state index in [1.165, 1.54) is 11.9 Å². The number of ether oxygens (including phenoxy) is 1. The van der Waals surface area contributed by atoms with Crippen LogP contribution in [0, 0.1) is 0 Å². The van der Waals surface area contributed by atoms with Crippen molar-refractivity contribution in [3.63, 3.8) is 0 Å². The minimum absolute atomic E-state index is 0.0467. The summed E-state index contributed by atoms with van der Waals surface area (Å²) in [5.41, 5.74) is 14.1. The molecule has 1 fully saturated rings. The third kappa shape index (κ3) is 3.46. The number of halogens is 1. The van der Waals surface area contributed by atoms with Crippen molar-refractivity contribution in [2.75, 3.05) is 5.73 Å². The van der Waals surface area contributed by atoms with Crippen LogP contribution in [0.2, 0.25) is 0 Å². The molecule has 29 heavy (non-hydrogen) atoms. The van der Waals surface area contributed by atoms with E-state index in [2.05, 4.69) is 9.97 Å². The van der Waals surface area contributed by atoms with Gasteiger partial charge in [0.2, 0.25) is 0 Å². The molecule has 9 heteroatoms. The smallest absolute Gasteiger partial charge is 0.151 e. The molecule has 1 aromatic heterocycles. The first-order chi connectivity index (χ1) is 13.9. The predicted octanol–water partition coefficient (Wildman–Crippen LogP) is 0.149. The fourth-order valence-electron chi connectivity index (χ4n) is 3.92. The second-order valence-electron chi connectivity index (χ2n) is 7.39. The van der Waals surface area contributed by atoms with Crippen molar-refractivity contribution in [2.24, 2.45) is 5.73 Å². The summed E-state index contributed by atoms with van der Waals surface area (Å²) in [5.74, 6) is -0.898. The Balaban J connectivity index is 1.55. The zero-order chi connectivity index (χ0) is 20.7. The number of anilines is 1. The summed E-state index contributed by atoms with van der Waals surface area (Å²) in [6, 6.07) is 5.64. The van der Waals surface area contributed by atoms with E-state index in [-0.39, 0.29) is 23.5 Å². The van der Waals surface area contributed by atoms with E-state index in [0.717, 1.165) is 24.6 Å². The van der Waals surface area contributed by atoms with E-state index >= 15 is 0 Å². The second-order valence-corrected chi connectivity index (χ2v) is 7.39. The Morgan fingerprint density at radius 3 is 2.66 bits per heavy atom. The highest BCUT2D eigenvalue weighted by atomic mass is 19.1. The lowest BCUT2D eigenvalue weighted by atomic mass is 9.85. The van der Waals surface area contributed by atoms with E-state index in [9.17, 15) is 19.7 Å². The monoisotopic (exact) mass is 402 g/mol. The number of nitrogen functional groups attached to an aromatic ring is 1. The van der Waals surface area contributed by atoms with E-state index in [4.69, 9.17) is 16.2 Å². The molecule has 0 bridgehead atoms. The van der Waals surface area contributed by atoms with Gasteiger partial charge in [0, 0.05) is 12.6 Å². The highest BCUT2D eigenvalue weighted by Crippen LogP contribution is 2.35. The molecular weight excluding hydrogens is 379 g/mol. The summed E-state index contributed by atoms with van der Waals surface area (Å²) in [7, 11) is 0. The highest BCUT2D eigenvalue weighted by Gasteiger charge is 2.46. The Kier molecular flexibility index (Phi) is 5.22. The SMILES string of the molecule is N/C=C(/F)c1c(N)ncnc1C[C@@H]1O[C@H]([C@H](O)c2ccc3c(c2)CC3)[C@@H](O)[C@H]1O. The maximum Gasteiger partial charge on any atom is 0.151 e. The van der Waals surface area contributed by atoms with Gasteiger partial charge in [0.15, 0.2) is 5.83 Å². The first-order valence-corrected chi connectivity index (χ1v) is 9.39. The molecule has 4 rings (SSSR count). The van der Waals surface area contributed by atoms with Gasteiger partial charge in [-0.25, -0.2) is 14.4 Å². The summed E-state index contributed by atoms with van der Waals surface area (Å²) in [6.45, 7) is 0. The van der Waals surface area contributed by atoms with E-state index < -0.39 is 36.3 Å². The van der Waals surface area contributed by atoms with Gasteiger partial charge >= 0.3 is 0 Å². The van der Waals surface area contributed by atoms with Crippen molar-refractivity contribution in [1.82, 2.24) is 9.97 Å². The van der Waals surface area contributed by atoms with Crippen LogP contribution < -0.4 is 11.5 Å². The molecule has 0 saturated carbocycles. The Morgan fingerprint density at radius 2 is 2.00 bits per heavy atom. The molecule has 1 aliphatic heterocycles. The number of nitrogens with two attached hydrogens (primary N) is 2. The lowest BCUT2D eigenvalue weighted by Crippen LogP contribution is -2.35. The number of aromatic nitrogens is 2. The summed E-state index contributed by atoms with van der Waals surface area (Å²) < 4.78 is 19.9. The van der Waals surface area contributed by atoms with Crippen molar-refractivity contribution in [3.05, 3.63) is 58.7 Å². The standard InChI is InChI=1S/C20H23FN4O4/c21-12(7-22)15-13(24-8-25-20(15)23)6-14-17(27)18(28)19(29-14)16(26)11-4-2-9-1-3-10(9)5-11/h2,4-5,7-8,14,16-19,26-28H,1,3,6,22H2,(H2,23,24,25)/b12-7+/t14-,16+,17-,18-,19+/m0/s1. The molecule has 1 saturated heterocycles. The molecule has 0 radical (unpaired) electrons. The van der Waals surface area contributed by atoms with Gasteiger partial charge in [-0.3, -0.25) is 0 Å². The average Bonchev–Trinajstić information content (AvgIpc) is 2.96. The van der Waals surface area contributed by atoms with E-state index in [1.54, 1.807) is 6.07 Å². The Morgan fingerprint density at radius 1 is 1.24 bits per heavy atom. The summed E-state index contributed by atoms with van der Waals surface area (Å²) in [6.07, 6.45) is -1.85. The van der Waals surface area contributed by atoms with Crippen LogP contribution in [0.1, 0.15) is 34.1 Å². The lowest BCUT2D eigenvalue weighted by molar-refractivity contribution is -0.0667. The number of benzene rings is 1. The van der Waals surface area contributed by atoms with Crippen LogP contribution in [0.4, 0.5) is 10.2 Å². The number of hydrogen-bond acceptors (Lipinski definition) is 8. The average molecular weight is 402 g/mol. The third-order valence-corrected chi connectivity index (χ3v) is 5.68. The molecule has 7 N–H and O–H groups in total. The summed E-state index contributed by atoms with van der Waals surface area (Å²) in [5, 5.41) is 31.6. The number of fused-ring (bicyclic) bond motifs is 1. The molecule has 0 spiro atoms. The molecule has 0 unspecified atom stereocenters. The van der Waals surface area contributed by atoms with Gasteiger partial charge < -0.3 is 31.5 Å². The molecule has 1 aromatic carbocycles. The topological polar surface area (TPSA) is 148 Å². The van der Waals surface area contributed by atoms with Crippen LogP contribution in [-0.2, 0) is 24.0 Å². The number of aryl methyl sites for hydroxylation is 2. The van der Waals surface area contributed by atoms with Crippen LogP contribution >= 0.6 is 0 Å². The quantitative estimate of drug-likeness (QED) is 0.475. The van der Waals surface area contributed by atoms with Crippen molar-refractivity contribution in [1.29, 1.82) is 0 Å². The van der Waals surface area contributed by atoms with E-state index in [0.29, 0.717) is 5.56 Å². The van der Waals surface area contributed by atoms with Crippen LogP contribution in [0.5, 0.6) is 0 Å². The number of hydrogen-bond donors (Lipinski definition) is 5. The molecule has 8 nitrogen and oxygen atoms in total. The first-order valence-electron chi connectivity index (χ1n) is 9.39. The molecule has 154 valence electrons. The normalized spacial score (nSPS) is 27.4. The van der Waals surface area contributed by atoms with Gasteiger partial charge in [-0.05, 0) is 29.5 Å². The second kappa shape index (κ2) is 7.68. The van der Waals surface area contributed by atoms with Crippen LogP contribution in [-0.4, -0.2) is 49.7 Å². The van der Waals surface area contributed by atoms with Crippen molar-refractivity contribution in [2.45, 2.75) is 49.8 Å². The summed E-state index contributed by atoms with van der Waals surface area (Å²) in [4.78, 5) is 7.78. The molecule has 2 aromatic rings. The molecule has 5 atom stereocenters. The molecule has 2 heterocycles.